The zero-order valence-corrected chi connectivity index (χ0v) is 12.1. The van der Waals surface area contributed by atoms with Crippen molar-refractivity contribution in [3.8, 4) is 0 Å². The Balaban J connectivity index is 2.45. The molecule has 5 heteroatoms. The van der Waals surface area contributed by atoms with Gasteiger partial charge in [-0.2, -0.15) is 0 Å². The molecule has 19 heavy (non-hydrogen) atoms. The molecule has 1 heterocycles. The van der Waals surface area contributed by atoms with E-state index < -0.39 is 0 Å². The predicted molar refractivity (Wildman–Crippen MR) is 73.0 cm³/mol. The average Bonchev–Trinajstić information content (AvgIpc) is 2.59. The molecule has 0 spiro atoms. The van der Waals surface area contributed by atoms with E-state index >= 15 is 0 Å². The first-order chi connectivity index (χ1) is 9.15. The summed E-state index contributed by atoms with van der Waals surface area (Å²) in [4.78, 5) is 14.1. The Kier molecular flexibility index (Phi) is 8.02. The lowest BCUT2D eigenvalue weighted by Crippen LogP contribution is -2.43. The highest BCUT2D eigenvalue weighted by molar-refractivity contribution is 5.77. The number of nitrogens with zero attached hydrogens (tertiary/aromatic N) is 1. The van der Waals surface area contributed by atoms with Crippen molar-refractivity contribution in [3.05, 3.63) is 0 Å². The van der Waals surface area contributed by atoms with Crippen LogP contribution in [0, 0.1) is 0 Å². The molecule has 0 radical (unpaired) electrons. The van der Waals surface area contributed by atoms with Gasteiger partial charge < -0.3 is 19.5 Å². The molecule has 1 saturated heterocycles. The van der Waals surface area contributed by atoms with Gasteiger partial charge in [-0.05, 0) is 26.2 Å². The predicted octanol–water partition coefficient (Wildman–Crippen LogP) is 1.19. The Morgan fingerprint density at radius 3 is 2.84 bits per heavy atom. The minimum absolute atomic E-state index is 0.0312. The molecule has 1 rings (SSSR count). The van der Waals surface area contributed by atoms with Crippen LogP contribution in [0.3, 0.4) is 0 Å². The summed E-state index contributed by atoms with van der Waals surface area (Å²) >= 11 is 0. The lowest BCUT2D eigenvalue weighted by atomic mass is 10.0. The summed E-state index contributed by atoms with van der Waals surface area (Å²) in [5, 5.41) is 9.56. The number of rotatable bonds is 7. The Morgan fingerprint density at radius 1 is 1.37 bits per heavy atom. The van der Waals surface area contributed by atoms with Gasteiger partial charge in [-0.15, -0.1) is 0 Å². The van der Waals surface area contributed by atoms with E-state index in [4.69, 9.17) is 9.47 Å². The first kappa shape index (κ1) is 16.4. The molecule has 1 aliphatic heterocycles. The van der Waals surface area contributed by atoms with Crippen LogP contribution in [0.25, 0.3) is 0 Å². The van der Waals surface area contributed by atoms with Crippen molar-refractivity contribution in [2.45, 2.75) is 51.2 Å². The summed E-state index contributed by atoms with van der Waals surface area (Å²) in [7, 11) is 1.61. The number of methoxy groups -OCH3 is 1. The highest BCUT2D eigenvalue weighted by atomic mass is 16.5. The number of hydrogen-bond acceptors (Lipinski definition) is 4. The molecule has 0 aromatic carbocycles. The maximum Gasteiger partial charge on any atom is 0.248 e. The van der Waals surface area contributed by atoms with Gasteiger partial charge in [0.15, 0.2) is 0 Å². The van der Waals surface area contributed by atoms with Crippen LogP contribution in [0.5, 0.6) is 0 Å². The minimum atomic E-state index is -0.368. The maximum atomic E-state index is 12.2. The highest BCUT2D eigenvalue weighted by Gasteiger charge is 2.26. The number of carbonyl (C=O) groups excluding carboxylic acids is 1. The smallest absolute Gasteiger partial charge is 0.248 e. The third-order valence-corrected chi connectivity index (χ3v) is 3.47. The summed E-state index contributed by atoms with van der Waals surface area (Å²) in [6, 6.07) is 0.154. The topological polar surface area (TPSA) is 59.0 Å². The molecule has 0 aliphatic carbocycles. The zero-order chi connectivity index (χ0) is 14.1. The summed E-state index contributed by atoms with van der Waals surface area (Å²) in [6.07, 6.45) is 4.60. The average molecular weight is 273 g/mol. The molecule has 0 bridgehead atoms. The van der Waals surface area contributed by atoms with E-state index in [2.05, 4.69) is 0 Å². The van der Waals surface area contributed by atoms with Gasteiger partial charge in [-0.1, -0.05) is 12.8 Å². The second-order valence-electron chi connectivity index (χ2n) is 5.22. The first-order valence-corrected chi connectivity index (χ1v) is 7.19. The number of aliphatic hydroxyl groups is 1. The summed E-state index contributed by atoms with van der Waals surface area (Å²) in [5.74, 6) is 0.0312. The molecule has 5 nitrogen and oxygen atoms in total. The third-order valence-electron chi connectivity index (χ3n) is 3.47. The molecule has 1 fully saturated rings. The van der Waals surface area contributed by atoms with Crippen molar-refractivity contribution >= 4 is 5.91 Å². The van der Waals surface area contributed by atoms with Crippen molar-refractivity contribution in [3.63, 3.8) is 0 Å². The first-order valence-electron chi connectivity index (χ1n) is 7.19. The summed E-state index contributed by atoms with van der Waals surface area (Å²) in [6.45, 7) is 3.62. The fourth-order valence-electron chi connectivity index (χ4n) is 2.53. The second kappa shape index (κ2) is 9.28. The Morgan fingerprint density at radius 2 is 2.16 bits per heavy atom. The van der Waals surface area contributed by atoms with Crippen LogP contribution in [0.15, 0.2) is 0 Å². The summed E-state index contributed by atoms with van der Waals surface area (Å²) in [5.41, 5.74) is 0. The van der Waals surface area contributed by atoms with Crippen LogP contribution in [-0.4, -0.2) is 61.5 Å². The van der Waals surface area contributed by atoms with Crippen LogP contribution >= 0.6 is 0 Å². The van der Waals surface area contributed by atoms with Gasteiger partial charge >= 0.3 is 0 Å². The molecule has 2 unspecified atom stereocenters. The number of carbonyl (C=O) groups is 1. The number of ether oxygens (including phenoxy) is 2. The van der Waals surface area contributed by atoms with Gasteiger partial charge in [0.2, 0.25) is 5.91 Å². The maximum absolute atomic E-state index is 12.2. The molecule has 2 atom stereocenters. The van der Waals surface area contributed by atoms with Gasteiger partial charge in [0.05, 0.1) is 19.3 Å². The number of likely N-dealkylation sites (tertiary alicyclic amines) is 1. The van der Waals surface area contributed by atoms with Crippen LogP contribution in [0.2, 0.25) is 0 Å². The van der Waals surface area contributed by atoms with E-state index in [0.29, 0.717) is 19.6 Å². The van der Waals surface area contributed by atoms with Gasteiger partial charge in [0.1, 0.15) is 6.61 Å². The third kappa shape index (κ3) is 6.36. The van der Waals surface area contributed by atoms with Crippen molar-refractivity contribution < 1.29 is 19.4 Å². The van der Waals surface area contributed by atoms with E-state index in [1.165, 1.54) is 0 Å². The standard InChI is InChI=1S/C14H27NO4/c1-12(16)10-13-6-4-3-5-7-15(13)14(17)11-19-9-8-18-2/h12-13,16H,3-11H2,1-2H3. The molecule has 1 aliphatic rings. The lowest BCUT2D eigenvalue weighted by molar-refractivity contribution is -0.139. The van der Waals surface area contributed by atoms with Gasteiger partial charge in [-0.3, -0.25) is 4.79 Å². The largest absolute Gasteiger partial charge is 0.393 e. The fraction of sp³-hybridized carbons (Fsp3) is 0.929. The van der Waals surface area contributed by atoms with E-state index in [9.17, 15) is 9.90 Å². The molecule has 1 N–H and O–H groups in total. The van der Waals surface area contributed by atoms with E-state index in [0.717, 1.165) is 32.2 Å². The second-order valence-corrected chi connectivity index (χ2v) is 5.22. The Bertz CT molecular complexity index is 258. The van der Waals surface area contributed by atoms with Crippen LogP contribution in [-0.2, 0) is 14.3 Å². The van der Waals surface area contributed by atoms with Crippen molar-refractivity contribution in [1.29, 1.82) is 0 Å². The monoisotopic (exact) mass is 273 g/mol. The van der Waals surface area contributed by atoms with Crippen molar-refractivity contribution in [2.75, 3.05) is 33.5 Å². The highest BCUT2D eigenvalue weighted by Crippen LogP contribution is 2.20. The molecular weight excluding hydrogens is 246 g/mol. The van der Waals surface area contributed by atoms with Crippen molar-refractivity contribution in [1.82, 2.24) is 4.90 Å². The van der Waals surface area contributed by atoms with E-state index in [1.54, 1.807) is 14.0 Å². The van der Waals surface area contributed by atoms with Gasteiger partial charge in [-0.25, -0.2) is 0 Å². The molecule has 0 aromatic rings. The summed E-state index contributed by atoms with van der Waals surface area (Å²) < 4.78 is 10.2. The molecule has 0 aromatic heterocycles. The Labute approximate surface area is 115 Å². The lowest BCUT2D eigenvalue weighted by Gasteiger charge is -2.31. The fourth-order valence-corrected chi connectivity index (χ4v) is 2.53. The van der Waals surface area contributed by atoms with Crippen molar-refractivity contribution in [2.24, 2.45) is 0 Å². The molecule has 112 valence electrons. The zero-order valence-electron chi connectivity index (χ0n) is 12.1. The van der Waals surface area contributed by atoms with E-state index in [1.807, 2.05) is 4.90 Å². The van der Waals surface area contributed by atoms with E-state index in [-0.39, 0.29) is 24.7 Å². The SMILES string of the molecule is COCCOCC(=O)N1CCCCCC1CC(C)O. The quantitative estimate of drug-likeness (QED) is 0.708. The van der Waals surface area contributed by atoms with Gasteiger partial charge in [0.25, 0.3) is 0 Å². The molecular formula is C14H27NO4. The van der Waals surface area contributed by atoms with Crippen LogP contribution in [0.1, 0.15) is 39.0 Å². The van der Waals surface area contributed by atoms with Crippen LogP contribution in [0.4, 0.5) is 0 Å². The minimum Gasteiger partial charge on any atom is -0.393 e. The number of aliphatic hydroxyl groups excluding tert-OH is 1. The number of hydrogen-bond donors (Lipinski definition) is 1. The van der Waals surface area contributed by atoms with Crippen LogP contribution < -0.4 is 0 Å². The Hall–Kier alpha value is -0.650. The molecule has 1 amide bonds. The van der Waals surface area contributed by atoms with Gasteiger partial charge in [0, 0.05) is 19.7 Å². The number of amides is 1. The molecule has 0 saturated carbocycles. The normalized spacial score (nSPS) is 22.1.